The minimum absolute atomic E-state index is 0.0300. The lowest BCUT2D eigenvalue weighted by Gasteiger charge is -2.20. The number of anilines is 2. The molecule has 0 aromatic heterocycles. The zero-order valence-corrected chi connectivity index (χ0v) is 16.6. The van der Waals surface area contributed by atoms with Gasteiger partial charge in [-0.25, -0.2) is 10.2 Å². The van der Waals surface area contributed by atoms with Crippen LogP contribution < -0.4 is 21.5 Å². The van der Waals surface area contributed by atoms with E-state index in [9.17, 15) is 14.4 Å². The average Bonchev–Trinajstić information content (AvgIpc) is 2.75. The lowest BCUT2D eigenvalue weighted by Crippen LogP contribution is -2.43. The van der Waals surface area contributed by atoms with Crippen LogP contribution in [0, 0.1) is 5.92 Å². The molecule has 0 spiro atoms. The molecule has 0 bridgehead atoms. The zero-order valence-electron chi connectivity index (χ0n) is 15.8. The van der Waals surface area contributed by atoms with E-state index in [0.29, 0.717) is 22.0 Å². The smallest absolute Gasteiger partial charge is 0.326 e. The molecule has 0 heterocycles. The number of benzene rings is 2. The van der Waals surface area contributed by atoms with E-state index in [2.05, 4.69) is 21.5 Å². The lowest BCUT2D eigenvalue weighted by molar-refractivity contribution is -0.120. The number of hydrogen-bond donors (Lipinski definition) is 4. The number of urea groups is 1. The molecule has 3 rings (SSSR count). The molecule has 0 radical (unpaired) electrons. The fraction of sp³-hybridized carbons (Fsp3) is 0.286. The Balaban J connectivity index is 1.46. The summed E-state index contributed by atoms with van der Waals surface area (Å²) in [6, 6.07) is 12.5. The summed E-state index contributed by atoms with van der Waals surface area (Å²) in [5.74, 6) is -0.376. The molecule has 2 aromatic carbocycles. The van der Waals surface area contributed by atoms with Gasteiger partial charge in [0.15, 0.2) is 0 Å². The van der Waals surface area contributed by atoms with E-state index < -0.39 is 11.9 Å². The van der Waals surface area contributed by atoms with E-state index in [4.69, 9.17) is 11.6 Å². The van der Waals surface area contributed by atoms with Crippen LogP contribution in [0.4, 0.5) is 16.2 Å². The molecule has 0 saturated heterocycles. The van der Waals surface area contributed by atoms with Crippen molar-refractivity contribution in [2.75, 3.05) is 10.6 Å². The summed E-state index contributed by atoms with van der Waals surface area (Å²) in [4.78, 5) is 36.3. The Bertz CT molecular complexity index is 862. The zero-order chi connectivity index (χ0) is 20.6. The van der Waals surface area contributed by atoms with Gasteiger partial charge in [-0.2, -0.15) is 0 Å². The van der Waals surface area contributed by atoms with E-state index in [1.54, 1.807) is 48.5 Å². The first kappa shape index (κ1) is 20.7. The van der Waals surface area contributed by atoms with Gasteiger partial charge in [-0.15, -0.1) is 0 Å². The molecule has 2 aromatic rings. The van der Waals surface area contributed by atoms with Gasteiger partial charge in [0, 0.05) is 27.9 Å². The summed E-state index contributed by atoms with van der Waals surface area (Å²) >= 11 is 5.79. The summed E-state index contributed by atoms with van der Waals surface area (Å²) in [6.07, 6.45) is 5.23. The standard InChI is InChI=1S/C21H23ClN4O3/c22-16-8-12-18(13-9-16)24-21(29)26-25-20(28)15-6-10-17(11-7-15)23-19(27)14-4-2-1-3-5-14/h6-14H,1-5H2,(H,23,27)(H,25,28)(H2,24,26,29). The van der Waals surface area contributed by atoms with Gasteiger partial charge in [0.25, 0.3) is 5.91 Å². The third-order valence-corrected chi connectivity index (χ3v) is 5.03. The van der Waals surface area contributed by atoms with Crippen molar-refractivity contribution in [2.24, 2.45) is 5.92 Å². The molecule has 152 valence electrons. The predicted octanol–water partition coefficient (Wildman–Crippen LogP) is 4.33. The van der Waals surface area contributed by atoms with Crippen molar-refractivity contribution in [1.82, 2.24) is 10.9 Å². The van der Waals surface area contributed by atoms with Crippen LogP contribution in [0.1, 0.15) is 42.5 Å². The molecule has 0 aliphatic heterocycles. The van der Waals surface area contributed by atoms with Crippen LogP contribution in [-0.2, 0) is 4.79 Å². The minimum atomic E-state index is -0.586. The Kier molecular flexibility index (Phi) is 7.08. The van der Waals surface area contributed by atoms with Crippen LogP contribution in [0.5, 0.6) is 0 Å². The Morgan fingerprint density at radius 1 is 0.759 bits per heavy atom. The molecule has 4 N–H and O–H groups in total. The van der Waals surface area contributed by atoms with Crippen LogP contribution in [0.15, 0.2) is 48.5 Å². The van der Waals surface area contributed by atoms with Crippen LogP contribution >= 0.6 is 11.6 Å². The highest BCUT2D eigenvalue weighted by Gasteiger charge is 2.21. The highest BCUT2D eigenvalue weighted by molar-refractivity contribution is 6.30. The largest absolute Gasteiger partial charge is 0.337 e. The van der Waals surface area contributed by atoms with Crippen molar-refractivity contribution in [3.05, 3.63) is 59.1 Å². The van der Waals surface area contributed by atoms with E-state index >= 15 is 0 Å². The van der Waals surface area contributed by atoms with Gasteiger partial charge in [0.1, 0.15) is 0 Å². The third-order valence-electron chi connectivity index (χ3n) is 4.78. The molecule has 0 atom stereocenters. The van der Waals surface area contributed by atoms with E-state index in [-0.39, 0.29) is 11.8 Å². The Hall–Kier alpha value is -3.06. The van der Waals surface area contributed by atoms with Crippen molar-refractivity contribution in [3.8, 4) is 0 Å². The third kappa shape index (κ3) is 6.22. The topological polar surface area (TPSA) is 99.3 Å². The molecule has 1 saturated carbocycles. The Labute approximate surface area is 174 Å². The number of amides is 4. The highest BCUT2D eigenvalue weighted by atomic mass is 35.5. The summed E-state index contributed by atoms with van der Waals surface area (Å²) in [6.45, 7) is 0. The molecule has 0 unspecified atom stereocenters. The van der Waals surface area contributed by atoms with Crippen molar-refractivity contribution in [2.45, 2.75) is 32.1 Å². The minimum Gasteiger partial charge on any atom is -0.326 e. The molecule has 1 aliphatic carbocycles. The van der Waals surface area contributed by atoms with Crippen molar-refractivity contribution in [1.29, 1.82) is 0 Å². The fourth-order valence-electron chi connectivity index (χ4n) is 3.20. The van der Waals surface area contributed by atoms with Crippen molar-refractivity contribution in [3.63, 3.8) is 0 Å². The fourth-order valence-corrected chi connectivity index (χ4v) is 3.32. The SMILES string of the molecule is O=C(NNC(=O)c1ccc(NC(=O)C2CCCCC2)cc1)Nc1ccc(Cl)cc1. The molecule has 1 aliphatic rings. The highest BCUT2D eigenvalue weighted by Crippen LogP contribution is 2.25. The van der Waals surface area contributed by atoms with E-state index in [1.165, 1.54) is 6.42 Å². The summed E-state index contributed by atoms with van der Waals surface area (Å²) in [7, 11) is 0. The maximum Gasteiger partial charge on any atom is 0.337 e. The molecule has 7 nitrogen and oxygen atoms in total. The van der Waals surface area contributed by atoms with Crippen LogP contribution in [0.25, 0.3) is 0 Å². The normalized spacial score (nSPS) is 14.0. The van der Waals surface area contributed by atoms with Crippen molar-refractivity contribution < 1.29 is 14.4 Å². The van der Waals surface area contributed by atoms with E-state index in [1.807, 2.05) is 0 Å². The Morgan fingerprint density at radius 3 is 2.00 bits per heavy atom. The molecule has 1 fully saturated rings. The van der Waals surface area contributed by atoms with E-state index in [0.717, 1.165) is 25.7 Å². The maximum atomic E-state index is 12.3. The van der Waals surface area contributed by atoms with Crippen molar-refractivity contribution >= 4 is 40.8 Å². The second kappa shape index (κ2) is 9.93. The predicted molar refractivity (Wildman–Crippen MR) is 113 cm³/mol. The number of carbonyl (C=O) groups excluding carboxylic acids is 3. The van der Waals surface area contributed by atoms with Crippen LogP contribution in [0.3, 0.4) is 0 Å². The lowest BCUT2D eigenvalue weighted by atomic mass is 9.88. The number of nitrogens with one attached hydrogen (secondary N) is 4. The monoisotopic (exact) mass is 414 g/mol. The average molecular weight is 415 g/mol. The second-order valence-electron chi connectivity index (χ2n) is 6.94. The number of halogens is 1. The molecule has 29 heavy (non-hydrogen) atoms. The quantitative estimate of drug-likeness (QED) is 0.560. The number of hydrazine groups is 1. The summed E-state index contributed by atoms with van der Waals surface area (Å²) in [5, 5.41) is 6.02. The molecule has 4 amide bonds. The van der Waals surface area contributed by atoms with Gasteiger partial charge < -0.3 is 10.6 Å². The maximum absolute atomic E-state index is 12.3. The summed E-state index contributed by atoms with van der Waals surface area (Å²) < 4.78 is 0. The molecular formula is C21H23ClN4O3. The first-order chi connectivity index (χ1) is 14.0. The van der Waals surface area contributed by atoms with Crippen LogP contribution in [0.2, 0.25) is 5.02 Å². The van der Waals surface area contributed by atoms with Gasteiger partial charge in [-0.05, 0) is 61.4 Å². The number of hydrogen-bond acceptors (Lipinski definition) is 3. The second-order valence-corrected chi connectivity index (χ2v) is 7.38. The van der Waals surface area contributed by atoms with Gasteiger partial charge in [0.05, 0.1) is 0 Å². The number of rotatable bonds is 4. The first-order valence-electron chi connectivity index (χ1n) is 9.55. The van der Waals surface area contributed by atoms with Crippen LogP contribution in [-0.4, -0.2) is 17.8 Å². The first-order valence-corrected chi connectivity index (χ1v) is 9.93. The summed E-state index contributed by atoms with van der Waals surface area (Å²) in [5.41, 5.74) is 6.15. The van der Waals surface area contributed by atoms with Gasteiger partial charge in [-0.1, -0.05) is 30.9 Å². The number of carbonyl (C=O) groups is 3. The Morgan fingerprint density at radius 2 is 1.34 bits per heavy atom. The molecular weight excluding hydrogens is 392 g/mol. The van der Waals surface area contributed by atoms with Gasteiger partial charge >= 0.3 is 6.03 Å². The molecule has 8 heteroatoms. The van der Waals surface area contributed by atoms with Gasteiger partial charge in [0.2, 0.25) is 5.91 Å². The van der Waals surface area contributed by atoms with Gasteiger partial charge in [-0.3, -0.25) is 15.0 Å².